The van der Waals surface area contributed by atoms with E-state index in [0.29, 0.717) is 6.61 Å². The number of aliphatic hydroxyl groups is 1. The second-order valence-corrected chi connectivity index (χ2v) is 5.03. The molecule has 0 heterocycles. The molecule has 1 N–H and O–H groups in total. The first-order valence-electron chi connectivity index (χ1n) is 6.62. The third kappa shape index (κ3) is 6.16. The zero-order chi connectivity index (χ0) is 10.9. The van der Waals surface area contributed by atoms with Gasteiger partial charge in [-0.25, -0.2) is 0 Å². The average molecular weight is 213 g/mol. The first kappa shape index (κ1) is 13.0. The van der Waals surface area contributed by atoms with Gasteiger partial charge >= 0.3 is 0 Å². The van der Waals surface area contributed by atoms with Crippen LogP contribution in [0.15, 0.2) is 0 Å². The maximum Gasteiger partial charge on any atom is 0.0431 e. The molecule has 0 bridgehead atoms. The Balaban J connectivity index is 1.97. The molecule has 0 aromatic heterocycles. The van der Waals surface area contributed by atoms with Gasteiger partial charge in [0.25, 0.3) is 0 Å². The lowest BCUT2D eigenvalue weighted by Gasteiger charge is -2.24. The second kappa shape index (κ2) is 8.12. The molecule has 1 aliphatic rings. The first-order valence-corrected chi connectivity index (χ1v) is 6.62. The highest BCUT2D eigenvalue weighted by Crippen LogP contribution is 2.26. The van der Waals surface area contributed by atoms with Gasteiger partial charge in [-0.15, -0.1) is 0 Å². The van der Waals surface area contributed by atoms with Crippen molar-refractivity contribution in [3.63, 3.8) is 0 Å². The minimum absolute atomic E-state index is 0.344. The summed E-state index contributed by atoms with van der Waals surface area (Å²) < 4.78 is 0. The summed E-state index contributed by atoms with van der Waals surface area (Å²) in [7, 11) is 2.21. The lowest BCUT2D eigenvalue weighted by molar-refractivity contribution is 0.243. The Labute approximate surface area is 94.7 Å². The topological polar surface area (TPSA) is 23.5 Å². The van der Waals surface area contributed by atoms with Crippen molar-refractivity contribution >= 4 is 0 Å². The second-order valence-electron chi connectivity index (χ2n) is 5.03. The van der Waals surface area contributed by atoms with Gasteiger partial charge in [0, 0.05) is 6.61 Å². The van der Waals surface area contributed by atoms with Crippen LogP contribution >= 0.6 is 0 Å². The van der Waals surface area contributed by atoms with E-state index in [4.69, 9.17) is 5.11 Å². The Morgan fingerprint density at radius 1 is 1.07 bits per heavy atom. The number of hydrogen-bond donors (Lipinski definition) is 1. The summed E-state index contributed by atoms with van der Waals surface area (Å²) in [4.78, 5) is 2.42. The molecule has 0 aromatic rings. The molecule has 1 saturated carbocycles. The fourth-order valence-electron chi connectivity index (χ4n) is 2.48. The van der Waals surface area contributed by atoms with Gasteiger partial charge in [0.05, 0.1) is 0 Å². The smallest absolute Gasteiger partial charge is 0.0431 e. The summed E-state index contributed by atoms with van der Waals surface area (Å²) in [6.45, 7) is 2.74. The van der Waals surface area contributed by atoms with Gasteiger partial charge in [-0.3, -0.25) is 0 Å². The monoisotopic (exact) mass is 213 g/mol. The van der Waals surface area contributed by atoms with E-state index in [9.17, 15) is 0 Å². The van der Waals surface area contributed by atoms with E-state index < -0.39 is 0 Å². The Morgan fingerprint density at radius 2 is 1.80 bits per heavy atom. The van der Waals surface area contributed by atoms with Crippen LogP contribution in [0.4, 0.5) is 0 Å². The fraction of sp³-hybridized carbons (Fsp3) is 1.00. The molecule has 0 aliphatic heterocycles. The van der Waals surface area contributed by atoms with Gasteiger partial charge in [0.1, 0.15) is 0 Å². The van der Waals surface area contributed by atoms with E-state index in [0.717, 1.165) is 25.3 Å². The molecule has 2 nitrogen and oxygen atoms in total. The van der Waals surface area contributed by atoms with Crippen LogP contribution in [0.2, 0.25) is 0 Å². The lowest BCUT2D eigenvalue weighted by Crippen LogP contribution is -2.23. The Hall–Kier alpha value is -0.0800. The van der Waals surface area contributed by atoms with E-state index in [1.54, 1.807) is 0 Å². The van der Waals surface area contributed by atoms with E-state index in [2.05, 4.69) is 11.9 Å². The molecular formula is C13H27NO. The van der Waals surface area contributed by atoms with Gasteiger partial charge in [0.15, 0.2) is 0 Å². The highest BCUT2D eigenvalue weighted by Gasteiger charge is 2.13. The van der Waals surface area contributed by atoms with Crippen LogP contribution in [0.3, 0.4) is 0 Å². The largest absolute Gasteiger partial charge is 0.396 e. The minimum atomic E-state index is 0.344. The summed E-state index contributed by atoms with van der Waals surface area (Å²) in [6, 6.07) is 0. The van der Waals surface area contributed by atoms with Crippen molar-refractivity contribution in [1.29, 1.82) is 0 Å². The summed E-state index contributed by atoms with van der Waals surface area (Å²) in [5.74, 6) is 0.999. The van der Waals surface area contributed by atoms with Crippen molar-refractivity contribution < 1.29 is 5.11 Å². The predicted molar refractivity (Wildman–Crippen MR) is 65.0 cm³/mol. The van der Waals surface area contributed by atoms with E-state index >= 15 is 0 Å². The van der Waals surface area contributed by atoms with Crippen molar-refractivity contribution in [1.82, 2.24) is 4.90 Å². The third-order valence-electron chi connectivity index (χ3n) is 3.59. The van der Waals surface area contributed by atoms with Crippen LogP contribution < -0.4 is 0 Å². The molecule has 1 rings (SSSR count). The molecular weight excluding hydrogens is 186 g/mol. The molecule has 0 amide bonds. The Bertz CT molecular complexity index is 143. The molecule has 0 atom stereocenters. The van der Waals surface area contributed by atoms with Crippen molar-refractivity contribution in [3.05, 3.63) is 0 Å². The molecule has 1 aliphatic carbocycles. The van der Waals surface area contributed by atoms with E-state index in [1.807, 2.05) is 0 Å². The average Bonchev–Trinajstić information content (AvgIpc) is 2.28. The van der Waals surface area contributed by atoms with Gasteiger partial charge < -0.3 is 10.0 Å². The predicted octanol–water partition coefficient (Wildman–Crippen LogP) is 2.66. The molecule has 0 unspecified atom stereocenters. The standard InChI is InChI=1S/C13H27NO/c1-14(10-5-6-12-15)11-9-13-7-3-2-4-8-13/h13,15H,2-12H2,1H3. The van der Waals surface area contributed by atoms with Crippen molar-refractivity contribution in [2.75, 3.05) is 26.7 Å². The summed E-state index contributed by atoms with van der Waals surface area (Å²) >= 11 is 0. The Morgan fingerprint density at radius 3 is 2.47 bits per heavy atom. The number of nitrogens with zero attached hydrogens (tertiary/aromatic N) is 1. The molecule has 2 heteroatoms. The number of hydrogen-bond acceptors (Lipinski definition) is 2. The normalized spacial score (nSPS) is 18.6. The molecule has 0 radical (unpaired) electrons. The zero-order valence-electron chi connectivity index (χ0n) is 10.2. The van der Waals surface area contributed by atoms with Gasteiger partial charge in [-0.2, -0.15) is 0 Å². The van der Waals surface area contributed by atoms with Crippen molar-refractivity contribution in [2.24, 2.45) is 5.92 Å². The maximum absolute atomic E-state index is 8.69. The summed E-state index contributed by atoms with van der Waals surface area (Å²) in [6.07, 6.45) is 10.8. The third-order valence-corrected chi connectivity index (χ3v) is 3.59. The SMILES string of the molecule is CN(CCCCO)CCC1CCCCC1. The fourth-order valence-corrected chi connectivity index (χ4v) is 2.48. The van der Waals surface area contributed by atoms with Crippen LogP contribution in [0.25, 0.3) is 0 Å². The Kier molecular flexibility index (Phi) is 7.03. The van der Waals surface area contributed by atoms with Crippen LogP contribution in [-0.4, -0.2) is 36.8 Å². The van der Waals surface area contributed by atoms with Crippen molar-refractivity contribution in [2.45, 2.75) is 51.4 Å². The molecule has 1 fully saturated rings. The molecule has 0 saturated heterocycles. The van der Waals surface area contributed by atoms with Crippen LogP contribution in [0, 0.1) is 5.92 Å². The summed E-state index contributed by atoms with van der Waals surface area (Å²) in [5, 5.41) is 8.69. The maximum atomic E-state index is 8.69. The highest BCUT2D eigenvalue weighted by atomic mass is 16.2. The molecule has 90 valence electrons. The van der Waals surface area contributed by atoms with Gasteiger partial charge in [-0.05, 0) is 45.3 Å². The highest BCUT2D eigenvalue weighted by molar-refractivity contribution is 4.67. The van der Waals surface area contributed by atoms with Crippen LogP contribution in [0.5, 0.6) is 0 Å². The minimum Gasteiger partial charge on any atom is -0.396 e. The van der Waals surface area contributed by atoms with E-state index in [-0.39, 0.29) is 0 Å². The number of unbranched alkanes of at least 4 members (excludes halogenated alkanes) is 1. The van der Waals surface area contributed by atoms with E-state index in [1.165, 1.54) is 45.1 Å². The number of rotatable bonds is 7. The number of aliphatic hydroxyl groups excluding tert-OH is 1. The van der Waals surface area contributed by atoms with Gasteiger partial charge in [0.2, 0.25) is 0 Å². The van der Waals surface area contributed by atoms with Crippen molar-refractivity contribution in [3.8, 4) is 0 Å². The summed E-state index contributed by atoms with van der Waals surface area (Å²) in [5.41, 5.74) is 0. The quantitative estimate of drug-likeness (QED) is 0.657. The van der Waals surface area contributed by atoms with Crippen LogP contribution in [0.1, 0.15) is 51.4 Å². The molecule has 15 heavy (non-hydrogen) atoms. The zero-order valence-corrected chi connectivity index (χ0v) is 10.2. The van der Waals surface area contributed by atoms with Gasteiger partial charge in [-0.1, -0.05) is 32.1 Å². The van der Waals surface area contributed by atoms with Crippen LogP contribution in [-0.2, 0) is 0 Å². The first-order chi connectivity index (χ1) is 7.33. The molecule has 0 spiro atoms. The molecule has 0 aromatic carbocycles. The lowest BCUT2D eigenvalue weighted by atomic mass is 9.87.